The number of aryl methyl sites for hydroxylation is 2. The quantitative estimate of drug-likeness (QED) is 0.159. The van der Waals surface area contributed by atoms with Gasteiger partial charge in [-0.3, -0.25) is 14.5 Å². The molecule has 3 N–H and O–H groups in total. The summed E-state index contributed by atoms with van der Waals surface area (Å²) in [6, 6.07) is 17.1. The number of carbonyl (C=O) groups is 2. The van der Waals surface area contributed by atoms with Crippen LogP contribution in [0.25, 0.3) is 21.9 Å². The first-order chi connectivity index (χ1) is 24.8. The number of likely N-dealkylation sites (tertiary alicyclic amines) is 1. The standard InChI is InChI=1S/C27H31NO4.C13H14F4N2O/c1-31-24-14-12-20(18-28-16-4-3-5-17-28)27(32-2)26(24)23-11-7-9-21-19(13-15-25(29)30)8-6-10-22(21)23;1-7-5-8(6-9(14)11(7)12(18)20)19-4-2-3-10(19)13(15,16)17/h6-12,14H,3-5,13,15-18H2,1-2H3,(H,29,30);5-6,10H,2-4H2,1H3,(H2,18,20). The van der Waals surface area contributed by atoms with Gasteiger partial charge in [0.2, 0.25) is 0 Å². The van der Waals surface area contributed by atoms with Gasteiger partial charge in [-0.05, 0) is 97.8 Å². The number of hydrogen-bond donors (Lipinski definition) is 2. The lowest BCUT2D eigenvalue weighted by molar-refractivity contribution is -0.146. The van der Waals surface area contributed by atoms with E-state index in [9.17, 15) is 27.2 Å². The third kappa shape index (κ3) is 8.61. The highest BCUT2D eigenvalue weighted by atomic mass is 19.4. The molecule has 0 aromatic heterocycles. The summed E-state index contributed by atoms with van der Waals surface area (Å²) in [4.78, 5) is 25.8. The Hall–Kier alpha value is -4.84. The molecule has 4 aromatic rings. The Balaban J connectivity index is 0.000000225. The van der Waals surface area contributed by atoms with Crippen molar-refractivity contribution in [3.05, 3.63) is 88.7 Å². The molecule has 2 fully saturated rings. The Morgan fingerprint density at radius 1 is 0.904 bits per heavy atom. The number of carbonyl (C=O) groups excluding carboxylic acids is 1. The van der Waals surface area contributed by atoms with Crippen LogP contribution in [-0.2, 0) is 17.8 Å². The van der Waals surface area contributed by atoms with Crippen molar-refractivity contribution in [3.8, 4) is 22.6 Å². The van der Waals surface area contributed by atoms with E-state index < -0.39 is 29.9 Å². The normalized spacial score (nSPS) is 16.4. The Morgan fingerprint density at radius 3 is 2.25 bits per heavy atom. The molecule has 4 aromatic carbocycles. The molecule has 2 heterocycles. The maximum atomic E-state index is 13.8. The van der Waals surface area contributed by atoms with E-state index >= 15 is 0 Å². The van der Waals surface area contributed by atoms with Crippen molar-refractivity contribution in [1.82, 2.24) is 4.90 Å². The maximum absolute atomic E-state index is 13.8. The number of carboxylic acids is 1. The molecule has 2 saturated heterocycles. The van der Waals surface area contributed by atoms with E-state index in [2.05, 4.69) is 29.2 Å². The molecule has 52 heavy (non-hydrogen) atoms. The zero-order valence-corrected chi connectivity index (χ0v) is 29.7. The number of carboxylic acid groups (broad SMARTS) is 1. The topological polar surface area (TPSA) is 105 Å². The average Bonchev–Trinajstić information content (AvgIpc) is 3.62. The summed E-state index contributed by atoms with van der Waals surface area (Å²) in [5.41, 5.74) is 9.31. The van der Waals surface area contributed by atoms with Crippen LogP contribution in [0.5, 0.6) is 11.5 Å². The van der Waals surface area contributed by atoms with Gasteiger partial charge in [-0.1, -0.05) is 48.9 Å². The lowest BCUT2D eigenvalue weighted by Gasteiger charge is -2.29. The average molecular weight is 724 g/mol. The summed E-state index contributed by atoms with van der Waals surface area (Å²) in [5, 5.41) is 11.3. The summed E-state index contributed by atoms with van der Waals surface area (Å²) in [5.74, 6) is -0.987. The number of rotatable bonds is 10. The van der Waals surface area contributed by atoms with Crippen LogP contribution in [0, 0.1) is 12.7 Å². The number of primary amides is 1. The first-order valence-corrected chi connectivity index (χ1v) is 17.5. The van der Waals surface area contributed by atoms with Crippen molar-refractivity contribution in [1.29, 1.82) is 0 Å². The number of amides is 1. The van der Waals surface area contributed by atoms with Crippen LogP contribution in [0.3, 0.4) is 0 Å². The molecular weight excluding hydrogens is 678 g/mol. The molecule has 2 aliphatic rings. The molecule has 0 aliphatic carbocycles. The molecule has 1 atom stereocenters. The highest BCUT2D eigenvalue weighted by Gasteiger charge is 2.46. The fraction of sp³-hybridized carbons (Fsp3) is 0.400. The van der Waals surface area contributed by atoms with Gasteiger partial charge >= 0.3 is 12.1 Å². The summed E-state index contributed by atoms with van der Waals surface area (Å²) < 4.78 is 64.3. The number of fused-ring (bicyclic) bond motifs is 1. The lowest BCUT2D eigenvalue weighted by Crippen LogP contribution is -2.41. The summed E-state index contributed by atoms with van der Waals surface area (Å²) >= 11 is 0. The van der Waals surface area contributed by atoms with Crippen LogP contribution >= 0.6 is 0 Å². The minimum Gasteiger partial charge on any atom is -0.496 e. The molecule has 2 aliphatic heterocycles. The van der Waals surface area contributed by atoms with E-state index in [4.69, 9.17) is 20.3 Å². The number of halogens is 4. The van der Waals surface area contributed by atoms with Crippen LogP contribution in [0.4, 0.5) is 23.2 Å². The fourth-order valence-electron chi connectivity index (χ4n) is 7.42. The molecule has 0 spiro atoms. The largest absolute Gasteiger partial charge is 0.496 e. The maximum Gasteiger partial charge on any atom is 0.408 e. The third-order valence-electron chi connectivity index (χ3n) is 9.84. The summed E-state index contributed by atoms with van der Waals surface area (Å²) in [6.07, 6.45) is 0.428. The van der Waals surface area contributed by atoms with Crippen molar-refractivity contribution in [2.24, 2.45) is 5.73 Å². The van der Waals surface area contributed by atoms with Crippen molar-refractivity contribution in [2.45, 2.75) is 70.6 Å². The van der Waals surface area contributed by atoms with Gasteiger partial charge in [-0.15, -0.1) is 0 Å². The second kappa shape index (κ2) is 16.7. The number of hydrogen-bond acceptors (Lipinski definition) is 6. The highest BCUT2D eigenvalue weighted by molar-refractivity contribution is 6.01. The molecular formula is C40H45F4N3O5. The predicted octanol–water partition coefficient (Wildman–Crippen LogP) is 8.29. The van der Waals surface area contributed by atoms with E-state index in [1.807, 2.05) is 24.3 Å². The number of nitrogens with two attached hydrogens (primary N) is 1. The number of ether oxygens (including phenoxy) is 2. The predicted molar refractivity (Wildman–Crippen MR) is 194 cm³/mol. The van der Waals surface area contributed by atoms with Gasteiger partial charge in [-0.25, -0.2) is 4.39 Å². The van der Waals surface area contributed by atoms with E-state index in [0.29, 0.717) is 12.8 Å². The molecule has 1 unspecified atom stereocenters. The zero-order valence-electron chi connectivity index (χ0n) is 29.7. The molecule has 0 bridgehead atoms. The Kier molecular flexibility index (Phi) is 12.3. The number of methoxy groups -OCH3 is 2. The zero-order chi connectivity index (χ0) is 37.6. The Labute approximate surface area is 301 Å². The van der Waals surface area contributed by atoms with Crippen molar-refractivity contribution in [3.63, 3.8) is 0 Å². The number of benzene rings is 4. The minimum absolute atomic E-state index is 0.0122. The van der Waals surface area contributed by atoms with Crippen LogP contribution in [0.1, 0.15) is 65.6 Å². The number of anilines is 1. The van der Waals surface area contributed by atoms with Gasteiger partial charge in [0, 0.05) is 30.8 Å². The molecule has 0 radical (unpaired) electrons. The highest BCUT2D eigenvalue weighted by Crippen LogP contribution is 2.44. The van der Waals surface area contributed by atoms with Crippen molar-refractivity contribution >= 4 is 28.3 Å². The molecule has 8 nitrogen and oxygen atoms in total. The number of piperidine rings is 1. The molecule has 6 rings (SSSR count). The van der Waals surface area contributed by atoms with Gasteiger partial charge in [0.1, 0.15) is 23.4 Å². The summed E-state index contributed by atoms with van der Waals surface area (Å²) in [6.45, 7) is 4.75. The second-order valence-electron chi connectivity index (χ2n) is 13.3. The molecule has 0 saturated carbocycles. The van der Waals surface area contributed by atoms with E-state index in [1.165, 1.54) is 32.3 Å². The van der Waals surface area contributed by atoms with E-state index in [0.717, 1.165) is 75.1 Å². The van der Waals surface area contributed by atoms with Gasteiger partial charge in [0.25, 0.3) is 5.91 Å². The monoisotopic (exact) mass is 723 g/mol. The first-order valence-electron chi connectivity index (χ1n) is 17.5. The third-order valence-corrected chi connectivity index (χ3v) is 9.84. The van der Waals surface area contributed by atoms with Crippen LogP contribution in [0.2, 0.25) is 0 Å². The lowest BCUT2D eigenvalue weighted by atomic mass is 9.92. The smallest absolute Gasteiger partial charge is 0.408 e. The SMILES string of the molecule is COc1ccc(CN2CCCCC2)c(OC)c1-c1cccc2c(CCC(=O)O)cccc12.Cc1cc(N2CCCC2C(F)(F)F)cc(F)c1C(N)=O. The first kappa shape index (κ1) is 38.4. The number of nitrogens with zero attached hydrogens (tertiary/aromatic N) is 2. The van der Waals surface area contributed by atoms with Gasteiger partial charge < -0.3 is 25.2 Å². The Bertz CT molecular complexity index is 1890. The fourth-order valence-corrected chi connectivity index (χ4v) is 7.42. The van der Waals surface area contributed by atoms with Gasteiger partial charge in [0.05, 0.1) is 25.3 Å². The number of alkyl halides is 3. The molecule has 278 valence electrons. The van der Waals surface area contributed by atoms with Crippen molar-refractivity contribution in [2.75, 3.05) is 38.8 Å². The molecule has 12 heteroatoms. The second-order valence-corrected chi connectivity index (χ2v) is 13.3. The van der Waals surface area contributed by atoms with E-state index in [1.54, 1.807) is 14.2 Å². The number of aliphatic carboxylic acids is 1. The minimum atomic E-state index is -4.36. The van der Waals surface area contributed by atoms with Crippen LogP contribution in [-0.4, -0.2) is 68.0 Å². The van der Waals surface area contributed by atoms with Gasteiger partial charge in [0.15, 0.2) is 0 Å². The van der Waals surface area contributed by atoms with Crippen LogP contribution in [0.15, 0.2) is 60.7 Å². The Morgan fingerprint density at radius 2 is 1.62 bits per heavy atom. The van der Waals surface area contributed by atoms with E-state index in [-0.39, 0.29) is 36.2 Å². The summed E-state index contributed by atoms with van der Waals surface area (Å²) in [7, 11) is 3.41. The van der Waals surface area contributed by atoms with Crippen LogP contribution < -0.4 is 20.1 Å². The molecule has 1 amide bonds. The van der Waals surface area contributed by atoms with Gasteiger partial charge in [-0.2, -0.15) is 13.2 Å². The van der Waals surface area contributed by atoms with Crippen molar-refractivity contribution < 1.29 is 41.7 Å².